The van der Waals surface area contributed by atoms with Gasteiger partial charge in [-0.25, -0.2) is 4.42 Å². The minimum atomic E-state index is 0.477. The highest BCUT2D eigenvalue weighted by atomic mass is 16.5. The summed E-state index contributed by atoms with van der Waals surface area (Å²) in [6.07, 6.45) is 0. The van der Waals surface area contributed by atoms with Gasteiger partial charge in [0.1, 0.15) is 0 Å². The first-order chi connectivity index (χ1) is 5.29. The van der Waals surface area contributed by atoms with Gasteiger partial charge < -0.3 is 10.5 Å². The van der Waals surface area contributed by atoms with Gasteiger partial charge in [0.2, 0.25) is 0 Å². The Labute approximate surface area is 65.1 Å². The maximum Gasteiger partial charge on any atom is 0.378 e. The summed E-state index contributed by atoms with van der Waals surface area (Å²) in [5, 5.41) is 0. The molecule has 1 aromatic rings. The fraction of sp³-hybridized carbons (Fsp3) is 0.125. The molecule has 0 unspecified atom stereocenters. The molecule has 0 bridgehead atoms. The molecule has 0 aliphatic carbocycles. The quantitative estimate of drug-likeness (QED) is 0.513. The summed E-state index contributed by atoms with van der Waals surface area (Å²) < 4.78 is 9.69. The molecule has 0 atom stereocenters. The van der Waals surface area contributed by atoms with Gasteiger partial charge in [0, 0.05) is 6.07 Å². The molecular formula is C8H10NO2+. The van der Waals surface area contributed by atoms with Gasteiger partial charge in [-0.1, -0.05) is 0 Å². The van der Waals surface area contributed by atoms with Crippen LogP contribution >= 0.6 is 0 Å². The van der Waals surface area contributed by atoms with E-state index in [4.69, 9.17) is 14.9 Å². The molecule has 0 fully saturated rings. The molecule has 1 rings (SSSR count). The Balaban J connectivity index is 3.20. The van der Waals surface area contributed by atoms with E-state index in [0.29, 0.717) is 17.2 Å². The Kier molecular flexibility index (Phi) is 2.11. The number of hydrogen-bond acceptors (Lipinski definition) is 2. The predicted molar refractivity (Wildman–Crippen MR) is 44.0 cm³/mol. The van der Waals surface area contributed by atoms with Crippen LogP contribution in [-0.2, 0) is 4.42 Å². The summed E-state index contributed by atoms with van der Waals surface area (Å²) in [6.45, 7) is 3.26. The Morgan fingerprint density at radius 1 is 1.55 bits per heavy atom. The number of anilines is 1. The molecule has 0 saturated heterocycles. The lowest BCUT2D eigenvalue weighted by Gasteiger charge is -1.99. The number of hydrogen-bond donors (Lipinski definition) is 1. The van der Waals surface area contributed by atoms with E-state index in [2.05, 4.69) is 6.79 Å². The van der Waals surface area contributed by atoms with Crippen molar-refractivity contribution in [2.75, 3.05) is 12.8 Å². The molecule has 1 aromatic carbocycles. The van der Waals surface area contributed by atoms with Gasteiger partial charge in [0.15, 0.2) is 11.4 Å². The SMILES string of the molecule is C=[O+]c1cccc(OC)c1N. The van der Waals surface area contributed by atoms with Crippen LogP contribution in [0.1, 0.15) is 0 Å². The molecule has 3 nitrogen and oxygen atoms in total. The van der Waals surface area contributed by atoms with E-state index in [1.165, 1.54) is 0 Å². The van der Waals surface area contributed by atoms with Crippen molar-refractivity contribution in [1.82, 2.24) is 0 Å². The van der Waals surface area contributed by atoms with Crippen molar-refractivity contribution >= 4 is 12.5 Å². The highest BCUT2D eigenvalue weighted by molar-refractivity contribution is 5.61. The monoisotopic (exact) mass is 152 g/mol. The third-order valence-corrected chi connectivity index (χ3v) is 1.40. The Morgan fingerprint density at radius 3 is 2.82 bits per heavy atom. The van der Waals surface area contributed by atoms with E-state index in [0.717, 1.165) is 0 Å². The first-order valence-electron chi connectivity index (χ1n) is 3.14. The minimum Gasteiger partial charge on any atom is -0.494 e. The van der Waals surface area contributed by atoms with Gasteiger partial charge in [0.25, 0.3) is 6.79 Å². The van der Waals surface area contributed by atoms with E-state index < -0.39 is 0 Å². The zero-order valence-corrected chi connectivity index (χ0v) is 6.33. The molecule has 0 aliphatic heterocycles. The van der Waals surface area contributed by atoms with Crippen molar-refractivity contribution in [3.05, 3.63) is 18.2 Å². The van der Waals surface area contributed by atoms with Crippen molar-refractivity contribution in [3.63, 3.8) is 0 Å². The zero-order valence-electron chi connectivity index (χ0n) is 6.33. The van der Waals surface area contributed by atoms with Gasteiger partial charge in [-0.3, -0.25) is 0 Å². The summed E-state index contributed by atoms with van der Waals surface area (Å²) in [4.78, 5) is 0. The number of rotatable bonds is 2. The normalized spacial score (nSPS) is 9.18. The maximum absolute atomic E-state index is 5.61. The standard InChI is InChI=1S/C8H10NO2/c1-10-6-4-3-5-7(11-2)8(6)9/h3-5H,1,9H2,2H3/q+1. The van der Waals surface area contributed by atoms with Crippen LogP contribution in [-0.4, -0.2) is 13.9 Å². The first kappa shape index (κ1) is 7.60. The lowest BCUT2D eigenvalue weighted by molar-refractivity contribution is -0.353. The maximum atomic E-state index is 5.61. The molecule has 0 amide bonds. The summed E-state index contributed by atoms with van der Waals surface area (Å²) in [7, 11) is 1.55. The van der Waals surface area contributed by atoms with Gasteiger partial charge in [-0.05, 0) is 12.1 Å². The highest BCUT2D eigenvalue weighted by Crippen LogP contribution is 2.30. The van der Waals surface area contributed by atoms with Crippen LogP contribution in [0.2, 0.25) is 0 Å². The molecule has 0 aromatic heterocycles. The second kappa shape index (κ2) is 3.05. The smallest absolute Gasteiger partial charge is 0.378 e. The molecule has 2 N–H and O–H groups in total. The molecule has 58 valence electrons. The van der Waals surface area contributed by atoms with Crippen molar-refractivity contribution in [2.24, 2.45) is 0 Å². The largest absolute Gasteiger partial charge is 0.494 e. The van der Waals surface area contributed by atoms with Crippen LogP contribution in [0, 0.1) is 0 Å². The summed E-state index contributed by atoms with van der Waals surface area (Å²) in [5.74, 6) is 1.13. The lowest BCUT2D eigenvalue weighted by Crippen LogP contribution is -1.91. The summed E-state index contributed by atoms with van der Waals surface area (Å²) in [6, 6.07) is 5.28. The molecule has 0 aliphatic rings. The van der Waals surface area contributed by atoms with E-state index in [9.17, 15) is 0 Å². The highest BCUT2D eigenvalue weighted by Gasteiger charge is 2.10. The molecule has 0 radical (unpaired) electrons. The van der Waals surface area contributed by atoms with E-state index in [-0.39, 0.29) is 0 Å². The Morgan fingerprint density at radius 2 is 2.27 bits per heavy atom. The fourth-order valence-electron chi connectivity index (χ4n) is 0.828. The summed E-state index contributed by atoms with van der Waals surface area (Å²) >= 11 is 0. The molecule has 3 heteroatoms. The average molecular weight is 152 g/mol. The van der Waals surface area contributed by atoms with Crippen LogP contribution in [0.5, 0.6) is 11.5 Å². The third-order valence-electron chi connectivity index (χ3n) is 1.40. The van der Waals surface area contributed by atoms with E-state index in [1.807, 2.05) is 0 Å². The van der Waals surface area contributed by atoms with Crippen molar-refractivity contribution in [1.29, 1.82) is 0 Å². The number of carbonyl (C=O) groups excluding carboxylic acids is 1. The molecule has 0 heterocycles. The second-order valence-corrected chi connectivity index (χ2v) is 2.02. The molecule has 0 spiro atoms. The van der Waals surface area contributed by atoms with Crippen molar-refractivity contribution < 1.29 is 9.16 Å². The molecule has 0 saturated carbocycles. The average Bonchev–Trinajstić information content (AvgIpc) is 2.05. The molecular weight excluding hydrogens is 142 g/mol. The Bertz CT molecular complexity index is 271. The number of para-hydroxylation sites is 1. The van der Waals surface area contributed by atoms with Crippen LogP contribution in [0.4, 0.5) is 5.69 Å². The second-order valence-electron chi connectivity index (χ2n) is 2.02. The number of benzene rings is 1. The van der Waals surface area contributed by atoms with Crippen LogP contribution in [0.15, 0.2) is 18.2 Å². The Hall–Kier alpha value is -1.51. The first-order valence-corrected chi connectivity index (χ1v) is 3.14. The van der Waals surface area contributed by atoms with Gasteiger partial charge in [-0.15, -0.1) is 0 Å². The zero-order chi connectivity index (χ0) is 8.27. The lowest BCUT2D eigenvalue weighted by atomic mass is 10.3. The topological polar surface area (TPSA) is 46.5 Å². The van der Waals surface area contributed by atoms with Crippen LogP contribution < -0.4 is 10.5 Å². The van der Waals surface area contributed by atoms with Crippen LogP contribution in [0.25, 0.3) is 0 Å². The van der Waals surface area contributed by atoms with Crippen molar-refractivity contribution in [2.45, 2.75) is 0 Å². The van der Waals surface area contributed by atoms with E-state index >= 15 is 0 Å². The summed E-state index contributed by atoms with van der Waals surface area (Å²) in [5.41, 5.74) is 6.09. The molecule has 11 heavy (non-hydrogen) atoms. The fourth-order valence-corrected chi connectivity index (χ4v) is 0.828. The predicted octanol–water partition coefficient (Wildman–Crippen LogP) is 1.36. The van der Waals surface area contributed by atoms with Gasteiger partial charge in [0.05, 0.1) is 7.11 Å². The minimum absolute atomic E-state index is 0.477. The third kappa shape index (κ3) is 1.32. The van der Waals surface area contributed by atoms with E-state index in [1.54, 1.807) is 25.3 Å². The number of nitrogens with two attached hydrogens (primary N) is 1. The van der Waals surface area contributed by atoms with Gasteiger partial charge >= 0.3 is 5.75 Å². The van der Waals surface area contributed by atoms with Crippen molar-refractivity contribution in [3.8, 4) is 11.5 Å². The number of methoxy groups -OCH3 is 1. The number of nitrogen functional groups attached to an aromatic ring is 1. The number of ether oxygens (including phenoxy) is 1. The van der Waals surface area contributed by atoms with Crippen LogP contribution in [0.3, 0.4) is 0 Å². The van der Waals surface area contributed by atoms with Gasteiger partial charge in [-0.2, -0.15) is 0 Å².